The molecule has 3 N–H and O–H groups in total. The molecular weight excluding hydrogens is 352 g/mol. The number of hydrogen-bond acceptors (Lipinski definition) is 4. The Morgan fingerprint density at radius 2 is 1.11 bits per heavy atom. The Morgan fingerprint density at radius 1 is 0.679 bits per heavy atom. The van der Waals surface area contributed by atoms with Crippen molar-refractivity contribution in [2.24, 2.45) is 5.92 Å². The summed E-state index contributed by atoms with van der Waals surface area (Å²) in [7, 11) is 0. The van der Waals surface area contributed by atoms with Crippen LogP contribution in [-0.4, -0.2) is 21.1 Å². The highest BCUT2D eigenvalue weighted by molar-refractivity contribution is 5.99. The van der Waals surface area contributed by atoms with Crippen LogP contribution in [0, 0.1) is 5.92 Å². The fourth-order valence-corrected chi connectivity index (χ4v) is 3.53. The first-order chi connectivity index (χ1) is 13.4. The molecule has 0 aliphatic carbocycles. The smallest absolute Gasteiger partial charge is 0.166 e. The van der Waals surface area contributed by atoms with Crippen LogP contribution in [0.2, 0.25) is 0 Å². The summed E-state index contributed by atoms with van der Waals surface area (Å²) < 4.78 is 0. The molecule has 0 aliphatic rings. The monoisotopic (exact) mass is 392 g/mol. The molecule has 1 aromatic carbocycles. The second-order valence-corrected chi connectivity index (χ2v) is 8.46. The number of hydrogen-bond donors (Lipinski definition) is 3. The van der Waals surface area contributed by atoms with Gasteiger partial charge in [0.25, 0.3) is 0 Å². The highest BCUT2D eigenvalue weighted by Gasteiger charge is 2.14. The summed E-state index contributed by atoms with van der Waals surface area (Å²) in [6, 6.07) is 2.14. The van der Waals surface area contributed by atoms with Gasteiger partial charge in [0.1, 0.15) is 5.75 Å². The molecule has 0 saturated heterocycles. The van der Waals surface area contributed by atoms with Crippen LogP contribution in [0.25, 0.3) is 0 Å². The van der Waals surface area contributed by atoms with Crippen LogP contribution in [0.3, 0.4) is 0 Å². The molecule has 0 radical (unpaired) electrons. The van der Waals surface area contributed by atoms with E-state index >= 15 is 0 Å². The molecule has 1 aromatic rings. The molecule has 0 bridgehead atoms. The lowest BCUT2D eigenvalue weighted by Crippen LogP contribution is -1.99. The number of unbranched alkanes of at least 4 members (excludes halogenated alkanes) is 11. The molecule has 28 heavy (non-hydrogen) atoms. The van der Waals surface area contributed by atoms with Gasteiger partial charge in [-0.15, -0.1) is 0 Å². The molecule has 0 aliphatic heterocycles. The van der Waals surface area contributed by atoms with E-state index in [4.69, 9.17) is 0 Å². The summed E-state index contributed by atoms with van der Waals surface area (Å²) in [5.41, 5.74) is 0.0829. The lowest BCUT2D eigenvalue weighted by molar-refractivity contribution is 0.0976. The Morgan fingerprint density at radius 3 is 1.61 bits per heavy atom. The Bertz CT molecular complexity index is 566. The number of carbonyl (C=O) groups excluding carboxylic acids is 1. The number of phenolic OH excluding ortho intramolecular Hbond substituents is 3. The molecule has 0 aromatic heterocycles. The van der Waals surface area contributed by atoms with Gasteiger partial charge < -0.3 is 15.3 Å². The van der Waals surface area contributed by atoms with Crippen LogP contribution in [0.15, 0.2) is 12.1 Å². The average molecular weight is 393 g/mol. The summed E-state index contributed by atoms with van der Waals surface area (Å²) in [6.07, 6.45) is 16.7. The van der Waals surface area contributed by atoms with Gasteiger partial charge in [0.05, 0.1) is 5.56 Å². The fraction of sp³-hybridized carbons (Fsp3) is 0.708. The number of ketones is 1. The van der Waals surface area contributed by atoms with Gasteiger partial charge in [-0.25, -0.2) is 0 Å². The Balaban J connectivity index is 1.95. The summed E-state index contributed by atoms with van der Waals surface area (Å²) >= 11 is 0. The van der Waals surface area contributed by atoms with Crippen molar-refractivity contribution < 1.29 is 20.1 Å². The van der Waals surface area contributed by atoms with Crippen LogP contribution >= 0.6 is 0 Å². The van der Waals surface area contributed by atoms with Crippen LogP contribution in [0.4, 0.5) is 0 Å². The van der Waals surface area contributed by atoms with Gasteiger partial charge in [-0.1, -0.05) is 90.9 Å². The van der Waals surface area contributed by atoms with Crippen molar-refractivity contribution in [1.29, 1.82) is 0 Å². The lowest BCUT2D eigenvalue weighted by atomic mass is 10.0. The van der Waals surface area contributed by atoms with Crippen LogP contribution in [-0.2, 0) is 0 Å². The van der Waals surface area contributed by atoms with E-state index in [0.29, 0.717) is 6.42 Å². The third-order valence-electron chi connectivity index (χ3n) is 5.33. The van der Waals surface area contributed by atoms with Crippen molar-refractivity contribution >= 4 is 5.78 Å². The van der Waals surface area contributed by atoms with Crippen molar-refractivity contribution in [1.82, 2.24) is 0 Å². The quantitative estimate of drug-likeness (QED) is 0.121. The van der Waals surface area contributed by atoms with E-state index in [1.807, 2.05) is 0 Å². The number of Topliss-reactive ketones (excluding diaryl/α,β-unsaturated/α-hetero) is 1. The predicted molar refractivity (Wildman–Crippen MR) is 115 cm³/mol. The predicted octanol–water partition coefficient (Wildman–Crippen LogP) is 7.10. The molecule has 0 saturated carbocycles. The molecule has 160 valence electrons. The normalized spacial score (nSPS) is 11.2. The maximum absolute atomic E-state index is 12.1. The zero-order valence-corrected chi connectivity index (χ0v) is 17.9. The summed E-state index contributed by atoms with van der Waals surface area (Å²) in [5, 5.41) is 28.5. The van der Waals surface area contributed by atoms with E-state index in [2.05, 4.69) is 13.8 Å². The molecule has 0 unspecified atom stereocenters. The van der Waals surface area contributed by atoms with Gasteiger partial charge in [0.2, 0.25) is 0 Å². The van der Waals surface area contributed by atoms with Gasteiger partial charge in [-0.2, -0.15) is 0 Å². The number of phenols is 3. The molecule has 0 amide bonds. The largest absolute Gasteiger partial charge is 0.507 e. The number of benzene rings is 1. The van der Waals surface area contributed by atoms with Crippen LogP contribution in [0.5, 0.6) is 17.2 Å². The van der Waals surface area contributed by atoms with E-state index in [9.17, 15) is 20.1 Å². The van der Waals surface area contributed by atoms with Crippen molar-refractivity contribution in [3.63, 3.8) is 0 Å². The Kier molecular flexibility index (Phi) is 12.4. The maximum Gasteiger partial charge on any atom is 0.166 e. The third kappa shape index (κ3) is 10.6. The van der Waals surface area contributed by atoms with E-state index in [-0.39, 0.29) is 22.8 Å². The average Bonchev–Trinajstić information content (AvgIpc) is 2.64. The van der Waals surface area contributed by atoms with Crippen molar-refractivity contribution in [2.45, 2.75) is 104 Å². The first-order valence-corrected chi connectivity index (χ1v) is 11.2. The van der Waals surface area contributed by atoms with Gasteiger partial charge in [-0.3, -0.25) is 4.79 Å². The van der Waals surface area contributed by atoms with Crippen LogP contribution < -0.4 is 0 Å². The number of aromatic hydroxyl groups is 3. The van der Waals surface area contributed by atoms with E-state index in [1.54, 1.807) is 0 Å². The molecule has 1 rings (SSSR count). The second kappa shape index (κ2) is 14.3. The fourth-order valence-electron chi connectivity index (χ4n) is 3.53. The van der Waals surface area contributed by atoms with Crippen molar-refractivity contribution in [3.05, 3.63) is 17.7 Å². The summed E-state index contributed by atoms with van der Waals surface area (Å²) in [5.74, 6) is -0.426. The topological polar surface area (TPSA) is 77.8 Å². The summed E-state index contributed by atoms with van der Waals surface area (Å²) in [4.78, 5) is 12.1. The molecule has 0 fully saturated rings. The van der Waals surface area contributed by atoms with Gasteiger partial charge in [0.15, 0.2) is 17.3 Å². The second-order valence-electron chi connectivity index (χ2n) is 8.46. The minimum Gasteiger partial charge on any atom is -0.507 e. The van der Waals surface area contributed by atoms with Crippen molar-refractivity contribution in [2.75, 3.05) is 0 Å². The molecule has 4 nitrogen and oxygen atoms in total. The third-order valence-corrected chi connectivity index (χ3v) is 5.33. The van der Waals surface area contributed by atoms with Crippen molar-refractivity contribution in [3.8, 4) is 17.2 Å². The number of rotatable bonds is 16. The molecule has 0 atom stereocenters. The zero-order chi connectivity index (χ0) is 20.8. The highest BCUT2D eigenvalue weighted by Crippen LogP contribution is 2.33. The van der Waals surface area contributed by atoms with E-state index in [1.165, 1.54) is 64.2 Å². The molecule has 0 spiro atoms. The number of carbonyl (C=O) groups is 1. The lowest BCUT2D eigenvalue weighted by Gasteiger charge is -2.06. The van der Waals surface area contributed by atoms with Gasteiger partial charge in [-0.05, 0) is 18.4 Å². The Hall–Kier alpha value is -1.71. The van der Waals surface area contributed by atoms with Gasteiger partial charge in [0, 0.05) is 12.5 Å². The van der Waals surface area contributed by atoms with E-state index < -0.39 is 5.75 Å². The summed E-state index contributed by atoms with van der Waals surface area (Å²) in [6.45, 7) is 4.59. The zero-order valence-electron chi connectivity index (χ0n) is 17.9. The molecule has 0 heterocycles. The van der Waals surface area contributed by atoms with Crippen LogP contribution in [0.1, 0.15) is 114 Å². The highest BCUT2D eigenvalue weighted by atomic mass is 16.3. The first-order valence-electron chi connectivity index (χ1n) is 11.2. The maximum atomic E-state index is 12.1. The van der Waals surface area contributed by atoms with Gasteiger partial charge >= 0.3 is 0 Å². The SMILES string of the molecule is CC(C)CCCCCCCCCCCCCCC(=O)c1cc(O)c(O)cc1O. The Labute approximate surface area is 171 Å². The molecular formula is C24H40O4. The van der Waals surface area contributed by atoms with E-state index in [0.717, 1.165) is 37.3 Å². The minimum atomic E-state index is -0.417. The minimum absolute atomic E-state index is 0.0829. The standard InChI is InChI=1S/C24H40O4/c1-19(2)15-13-11-9-7-5-3-4-6-8-10-12-14-16-21(25)20-17-23(27)24(28)18-22(20)26/h17-19,26-28H,3-16H2,1-2H3. The molecule has 4 heteroatoms. The first kappa shape index (κ1) is 24.3.